The lowest BCUT2D eigenvalue weighted by molar-refractivity contribution is -0.141. The van der Waals surface area contributed by atoms with Crippen LogP contribution < -0.4 is 14.4 Å². The van der Waals surface area contributed by atoms with E-state index in [0.29, 0.717) is 40.1 Å². The number of hydrogen-bond acceptors (Lipinski definition) is 5. The molecule has 1 atom stereocenters. The van der Waals surface area contributed by atoms with Crippen molar-refractivity contribution in [2.45, 2.75) is 83.8 Å². The Labute approximate surface area is 254 Å². The third-order valence-corrected chi connectivity index (χ3v) is 9.20. The maximum Gasteiger partial charge on any atom is 0.243 e. The number of sulfonamides is 1. The smallest absolute Gasteiger partial charge is 0.243 e. The fourth-order valence-electron chi connectivity index (χ4n) is 5.24. The van der Waals surface area contributed by atoms with Crippen LogP contribution >= 0.6 is 23.2 Å². The molecule has 1 fully saturated rings. The number of hydrogen-bond donors (Lipinski definition) is 1. The van der Waals surface area contributed by atoms with Crippen LogP contribution in [0.15, 0.2) is 42.5 Å². The third-order valence-electron chi connectivity index (χ3n) is 7.31. The maximum atomic E-state index is 13.8. The van der Waals surface area contributed by atoms with Crippen LogP contribution in [0.3, 0.4) is 0 Å². The van der Waals surface area contributed by atoms with Crippen molar-refractivity contribution in [1.82, 2.24) is 10.2 Å². The largest absolute Gasteiger partial charge is 0.492 e. The van der Waals surface area contributed by atoms with Gasteiger partial charge in [-0.25, -0.2) is 8.42 Å². The SMILES string of the molecule is CCOc1ccccc1N(CCCC(=O)N(Cc1c(Cl)cccc1Cl)C(CC)C(=O)NC1CCCCC1)S(C)(=O)=O. The lowest BCUT2D eigenvalue weighted by Crippen LogP contribution is -2.51. The molecule has 0 spiro atoms. The van der Waals surface area contributed by atoms with E-state index < -0.39 is 16.1 Å². The van der Waals surface area contributed by atoms with E-state index in [-0.39, 0.29) is 43.8 Å². The zero-order valence-corrected chi connectivity index (χ0v) is 26.4. The van der Waals surface area contributed by atoms with Crippen LogP contribution in [0.2, 0.25) is 10.0 Å². The number of nitrogens with one attached hydrogen (secondary N) is 1. The van der Waals surface area contributed by atoms with E-state index in [2.05, 4.69) is 5.32 Å². The van der Waals surface area contributed by atoms with Crippen molar-refractivity contribution in [2.24, 2.45) is 0 Å². The van der Waals surface area contributed by atoms with Gasteiger partial charge in [-0.05, 0) is 56.9 Å². The number of nitrogens with zero attached hydrogens (tertiary/aromatic N) is 2. The number of para-hydroxylation sites is 2. The summed E-state index contributed by atoms with van der Waals surface area (Å²) in [6.07, 6.45) is 6.96. The summed E-state index contributed by atoms with van der Waals surface area (Å²) in [4.78, 5) is 28.8. The van der Waals surface area contributed by atoms with Gasteiger partial charge in [0, 0.05) is 41.2 Å². The molecule has 1 N–H and O–H groups in total. The molecule has 0 heterocycles. The Kier molecular flexibility index (Phi) is 12.6. The Balaban J connectivity index is 1.82. The number of carbonyl (C=O) groups is 2. The zero-order chi connectivity index (χ0) is 30.0. The number of halogens is 2. The van der Waals surface area contributed by atoms with Gasteiger partial charge in [-0.3, -0.25) is 13.9 Å². The molecular formula is C30H41Cl2N3O5S. The molecule has 2 aromatic rings. The second-order valence-corrected chi connectivity index (χ2v) is 13.1. The zero-order valence-electron chi connectivity index (χ0n) is 24.1. The Morgan fingerprint density at radius 1 is 1.02 bits per heavy atom. The fraction of sp³-hybridized carbons (Fsp3) is 0.533. The Bertz CT molecular complexity index is 1260. The Hall–Kier alpha value is -2.49. The number of ether oxygens (including phenoxy) is 1. The number of carbonyl (C=O) groups excluding carboxylic acids is 2. The van der Waals surface area contributed by atoms with E-state index in [0.717, 1.165) is 31.9 Å². The summed E-state index contributed by atoms with van der Waals surface area (Å²) >= 11 is 12.9. The second-order valence-electron chi connectivity index (χ2n) is 10.3. The Morgan fingerprint density at radius 2 is 1.68 bits per heavy atom. The van der Waals surface area contributed by atoms with E-state index in [9.17, 15) is 18.0 Å². The summed E-state index contributed by atoms with van der Waals surface area (Å²) in [6.45, 7) is 4.22. The van der Waals surface area contributed by atoms with E-state index >= 15 is 0 Å². The van der Waals surface area contributed by atoms with Crippen LogP contribution in [0.25, 0.3) is 0 Å². The molecule has 1 unspecified atom stereocenters. The van der Waals surface area contributed by atoms with Crippen molar-refractivity contribution < 1.29 is 22.7 Å². The third kappa shape index (κ3) is 9.25. The van der Waals surface area contributed by atoms with Gasteiger partial charge in [-0.15, -0.1) is 0 Å². The molecule has 41 heavy (non-hydrogen) atoms. The molecule has 226 valence electrons. The van der Waals surface area contributed by atoms with Gasteiger partial charge in [-0.2, -0.15) is 0 Å². The maximum absolute atomic E-state index is 13.8. The van der Waals surface area contributed by atoms with Crippen molar-refractivity contribution in [2.75, 3.05) is 23.7 Å². The van der Waals surface area contributed by atoms with Crippen LogP contribution in [-0.4, -0.2) is 56.6 Å². The van der Waals surface area contributed by atoms with E-state index in [1.807, 2.05) is 13.8 Å². The number of benzene rings is 2. The summed E-state index contributed by atoms with van der Waals surface area (Å²) < 4.78 is 32.4. The number of anilines is 1. The lowest BCUT2D eigenvalue weighted by Gasteiger charge is -2.33. The molecular weight excluding hydrogens is 585 g/mol. The normalized spacial score (nSPS) is 14.8. The van der Waals surface area contributed by atoms with Gasteiger partial charge in [0.25, 0.3) is 0 Å². The van der Waals surface area contributed by atoms with Crippen molar-refractivity contribution in [3.05, 3.63) is 58.1 Å². The molecule has 0 aromatic heterocycles. The van der Waals surface area contributed by atoms with Gasteiger partial charge >= 0.3 is 0 Å². The van der Waals surface area contributed by atoms with Gasteiger partial charge in [0.05, 0.1) is 18.6 Å². The molecule has 1 aliphatic carbocycles. The molecule has 3 rings (SSSR count). The number of rotatable bonds is 14. The van der Waals surface area contributed by atoms with E-state index in [1.54, 1.807) is 42.5 Å². The van der Waals surface area contributed by atoms with Gasteiger partial charge in [-0.1, -0.05) is 67.6 Å². The first-order valence-corrected chi connectivity index (χ1v) is 16.9. The van der Waals surface area contributed by atoms with Crippen LogP contribution in [0, 0.1) is 0 Å². The fourth-order valence-corrected chi connectivity index (χ4v) is 6.73. The van der Waals surface area contributed by atoms with Gasteiger partial charge in [0.2, 0.25) is 21.8 Å². The van der Waals surface area contributed by atoms with Gasteiger partial charge < -0.3 is 15.0 Å². The van der Waals surface area contributed by atoms with Crippen molar-refractivity contribution in [1.29, 1.82) is 0 Å². The van der Waals surface area contributed by atoms with Crippen molar-refractivity contribution in [3.63, 3.8) is 0 Å². The minimum absolute atomic E-state index is 0.0259. The molecule has 2 aromatic carbocycles. The highest BCUT2D eigenvalue weighted by Crippen LogP contribution is 2.31. The summed E-state index contributed by atoms with van der Waals surface area (Å²) in [5, 5.41) is 3.98. The van der Waals surface area contributed by atoms with Gasteiger partial charge in [0.15, 0.2) is 0 Å². The minimum Gasteiger partial charge on any atom is -0.492 e. The van der Waals surface area contributed by atoms with Crippen molar-refractivity contribution >= 4 is 50.7 Å². The molecule has 0 bridgehead atoms. The highest BCUT2D eigenvalue weighted by molar-refractivity contribution is 7.92. The first-order chi connectivity index (χ1) is 19.6. The van der Waals surface area contributed by atoms with E-state index in [1.165, 1.54) is 15.6 Å². The lowest BCUT2D eigenvalue weighted by atomic mass is 9.95. The molecule has 11 heteroatoms. The molecule has 0 radical (unpaired) electrons. The highest BCUT2D eigenvalue weighted by Gasteiger charge is 2.31. The standard InChI is InChI=1S/C30H41Cl2N3O5S/c1-4-26(30(37)33-22-13-7-6-8-14-22)34(21-23-24(31)15-11-16-25(23)32)29(36)19-12-20-35(41(3,38)39)27-17-9-10-18-28(27)40-5-2/h9-11,15-18,22,26H,4-8,12-14,19-21H2,1-3H3,(H,33,37). The first-order valence-electron chi connectivity index (χ1n) is 14.3. The average Bonchev–Trinajstić information content (AvgIpc) is 2.93. The molecule has 1 saturated carbocycles. The summed E-state index contributed by atoms with van der Waals surface area (Å²) in [7, 11) is -3.66. The van der Waals surface area contributed by atoms with Crippen LogP contribution in [0.1, 0.15) is 70.8 Å². The summed E-state index contributed by atoms with van der Waals surface area (Å²) in [5.41, 5.74) is 0.985. The van der Waals surface area contributed by atoms with Crippen molar-refractivity contribution in [3.8, 4) is 5.75 Å². The summed E-state index contributed by atoms with van der Waals surface area (Å²) in [5.74, 6) is -0.0234. The first kappa shape index (κ1) is 33.0. The quantitative estimate of drug-likeness (QED) is 0.270. The number of amides is 2. The second kappa shape index (κ2) is 15.7. The van der Waals surface area contributed by atoms with Crippen LogP contribution in [0.5, 0.6) is 5.75 Å². The van der Waals surface area contributed by atoms with Gasteiger partial charge in [0.1, 0.15) is 11.8 Å². The molecule has 2 amide bonds. The monoisotopic (exact) mass is 625 g/mol. The van der Waals surface area contributed by atoms with E-state index in [4.69, 9.17) is 27.9 Å². The minimum atomic E-state index is -3.66. The average molecular weight is 627 g/mol. The molecule has 0 saturated heterocycles. The highest BCUT2D eigenvalue weighted by atomic mass is 35.5. The predicted molar refractivity (Wildman–Crippen MR) is 165 cm³/mol. The molecule has 1 aliphatic rings. The topological polar surface area (TPSA) is 96.0 Å². The predicted octanol–water partition coefficient (Wildman–Crippen LogP) is 6.19. The molecule has 8 nitrogen and oxygen atoms in total. The Morgan fingerprint density at radius 3 is 2.29 bits per heavy atom. The summed E-state index contributed by atoms with van der Waals surface area (Å²) in [6, 6.07) is 11.4. The molecule has 0 aliphatic heterocycles. The van der Waals surface area contributed by atoms with Crippen LogP contribution in [0.4, 0.5) is 5.69 Å². The van der Waals surface area contributed by atoms with Crippen LogP contribution in [-0.2, 0) is 26.2 Å².